The zero-order chi connectivity index (χ0) is 17.6. The molecule has 0 aliphatic carbocycles. The van der Waals surface area contributed by atoms with Gasteiger partial charge in [-0.15, -0.1) is 10.2 Å². The van der Waals surface area contributed by atoms with E-state index in [-0.39, 0.29) is 24.3 Å². The van der Waals surface area contributed by atoms with Crippen molar-refractivity contribution in [2.75, 3.05) is 5.32 Å². The van der Waals surface area contributed by atoms with Crippen LogP contribution in [0.3, 0.4) is 0 Å². The monoisotopic (exact) mass is 343 g/mol. The summed E-state index contributed by atoms with van der Waals surface area (Å²) in [4.78, 5) is 24.7. The highest BCUT2D eigenvalue weighted by Crippen LogP contribution is 2.33. The summed E-state index contributed by atoms with van der Waals surface area (Å²) < 4.78 is 15.4. The van der Waals surface area contributed by atoms with Gasteiger partial charge in [0.1, 0.15) is 17.5 Å². The summed E-state index contributed by atoms with van der Waals surface area (Å²) in [6, 6.07) is 4.09. The average molecular weight is 343 g/mol. The van der Waals surface area contributed by atoms with E-state index >= 15 is 0 Å². The van der Waals surface area contributed by atoms with E-state index in [4.69, 9.17) is 0 Å². The van der Waals surface area contributed by atoms with Crippen molar-refractivity contribution in [3.05, 3.63) is 41.2 Å². The lowest BCUT2D eigenvalue weighted by molar-refractivity contribution is -0.127. The van der Waals surface area contributed by atoms with E-state index in [1.807, 2.05) is 11.5 Å². The maximum atomic E-state index is 13.4. The number of carbonyl (C=O) groups is 2. The lowest BCUT2D eigenvalue weighted by Gasteiger charge is -2.29. The maximum Gasteiger partial charge on any atom is 0.228 e. The first-order chi connectivity index (χ1) is 12.0. The third-order valence-electron chi connectivity index (χ3n) is 4.85. The van der Waals surface area contributed by atoms with Crippen LogP contribution in [-0.4, -0.2) is 32.6 Å². The van der Waals surface area contributed by atoms with Gasteiger partial charge in [-0.25, -0.2) is 4.39 Å². The second-order valence-corrected chi connectivity index (χ2v) is 6.55. The fraction of sp³-hybridized carbons (Fsp3) is 0.412. The second kappa shape index (κ2) is 5.94. The van der Waals surface area contributed by atoms with Crippen molar-refractivity contribution in [3.63, 3.8) is 0 Å². The van der Waals surface area contributed by atoms with E-state index in [1.54, 1.807) is 6.07 Å². The van der Waals surface area contributed by atoms with Gasteiger partial charge in [0.2, 0.25) is 11.8 Å². The van der Waals surface area contributed by atoms with Crippen molar-refractivity contribution in [1.29, 1.82) is 0 Å². The van der Waals surface area contributed by atoms with Crippen molar-refractivity contribution in [3.8, 4) is 0 Å². The molecule has 2 aromatic rings. The van der Waals surface area contributed by atoms with Crippen LogP contribution in [-0.2, 0) is 22.6 Å². The smallest absolute Gasteiger partial charge is 0.228 e. The van der Waals surface area contributed by atoms with Gasteiger partial charge in [0.05, 0.1) is 5.92 Å². The summed E-state index contributed by atoms with van der Waals surface area (Å²) >= 11 is 0. The summed E-state index contributed by atoms with van der Waals surface area (Å²) in [6.07, 6.45) is 1.59. The zero-order valence-corrected chi connectivity index (χ0v) is 13.8. The van der Waals surface area contributed by atoms with Gasteiger partial charge in [0.15, 0.2) is 0 Å². The molecule has 7 nitrogen and oxygen atoms in total. The summed E-state index contributed by atoms with van der Waals surface area (Å²) in [5, 5.41) is 13.8. The number of amides is 2. The fourth-order valence-electron chi connectivity index (χ4n) is 3.55. The highest BCUT2D eigenvalue weighted by molar-refractivity contribution is 6.01. The van der Waals surface area contributed by atoms with Crippen LogP contribution in [0.1, 0.15) is 36.0 Å². The molecule has 2 unspecified atom stereocenters. The van der Waals surface area contributed by atoms with E-state index in [2.05, 4.69) is 20.8 Å². The van der Waals surface area contributed by atoms with E-state index < -0.39 is 11.7 Å². The molecule has 0 bridgehead atoms. The quantitative estimate of drug-likeness (QED) is 0.860. The Hall–Kier alpha value is -2.77. The minimum Gasteiger partial charge on any atom is -0.351 e. The molecule has 2 N–H and O–H groups in total. The number of halogens is 1. The summed E-state index contributed by atoms with van der Waals surface area (Å²) in [7, 11) is 0. The molecule has 0 spiro atoms. The molecule has 130 valence electrons. The van der Waals surface area contributed by atoms with Gasteiger partial charge in [-0.05, 0) is 31.0 Å². The molecule has 2 amide bonds. The normalized spacial score (nSPS) is 21.9. The Labute approximate surface area is 143 Å². The first-order valence-electron chi connectivity index (χ1n) is 8.29. The number of fused-ring (bicyclic) bond motifs is 2. The lowest BCUT2D eigenvalue weighted by Crippen LogP contribution is -2.44. The Kier molecular flexibility index (Phi) is 3.74. The molecule has 2 atom stereocenters. The van der Waals surface area contributed by atoms with Crippen LogP contribution in [0, 0.1) is 12.7 Å². The Morgan fingerprint density at radius 1 is 1.40 bits per heavy atom. The first kappa shape index (κ1) is 15.7. The molecule has 0 fully saturated rings. The molecular weight excluding hydrogens is 325 g/mol. The SMILES string of the molecule is Cc1nnc2n1CC(NC(=O)C1CC(=O)Nc3cc(F)ccc31)CC2. The molecule has 3 heterocycles. The molecule has 1 aromatic heterocycles. The van der Waals surface area contributed by atoms with Gasteiger partial charge in [-0.3, -0.25) is 9.59 Å². The third kappa shape index (κ3) is 2.88. The molecule has 2 aliphatic heterocycles. The largest absolute Gasteiger partial charge is 0.351 e. The number of hydrogen-bond donors (Lipinski definition) is 2. The van der Waals surface area contributed by atoms with E-state index in [9.17, 15) is 14.0 Å². The minimum atomic E-state index is -0.604. The number of nitrogens with one attached hydrogen (secondary N) is 2. The van der Waals surface area contributed by atoms with E-state index in [0.717, 1.165) is 24.5 Å². The number of hydrogen-bond acceptors (Lipinski definition) is 4. The second-order valence-electron chi connectivity index (χ2n) is 6.55. The average Bonchev–Trinajstić information content (AvgIpc) is 2.94. The van der Waals surface area contributed by atoms with Gasteiger partial charge < -0.3 is 15.2 Å². The molecule has 8 heteroatoms. The minimum absolute atomic E-state index is 0.0383. The van der Waals surface area contributed by atoms with Crippen LogP contribution in [0.4, 0.5) is 10.1 Å². The van der Waals surface area contributed by atoms with Gasteiger partial charge in [0.25, 0.3) is 0 Å². The number of carbonyl (C=O) groups excluding carboxylic acids is 2. The molecular formula is C17H18FN5O2. The highest BCUT2D eigenvalue weighted by Gasteiger charge is 2.33. The molecule has 0 saturated heterocycles. The zero-order valence-electron chi connectivity index (χ0n) is 13.8. The standard InChI is InChI=1S/C17H18FN5O2/c1-9-21-22-15-5-3-11(8-23(9)15)19-17(25)13-7-16(24)20-14-6-10(18)2-4-12(13)14/h2,4,6,11,13H,3,5,7-8H2,1H3,(H,19,25)(H,20,24). The number of anilines is 1. The van der Waals surface area contributed by atoms with Crippen LogP contribution >= 0.6 is 0 Å². The number of aromatic nitrogens is 3. The molecule has 25 heavy (non-hydrogen) atoms. The number of rotatable bonds is 2. The number of aryl methyl sites for hydroxylation is 2. The van der Waals surface area contributed by atoms with Crippen molar-refractivity contribution in [2.24, 2.45) is 0 Å². The van der Waals surface area contributed by atoms with Crippen LogP contribution in [0.25, 0.3) is 0 Å². The molecule has 1 aromatic carbocycles. The van der Waals surface area contributed by atoms with Crippen LogP contribution < -0.4 is 10.6 Å². The predicted molar refractivity (Wildman–Crippen MR) is 87.4 cm³/mol. The van der Waals surface area contributed by atoms with Gasteiger partial charge in [-0.2, -0.15) is 0 Å². The van der Waals surface area contributed by atoms with Crippen LogP contribution in [0.5, 0.6) is 0 Å². The Bertz CT molecular complexity index is 863. The molecule has 2 aliphatic rings. The Morgan fingerprint density at radius 2 is 2.24 bits per heavy atom. The molecule has 4 rings (SSSR count). The summed E-state index contributed by atoms with van der Waals surface area (Å²) in [5.41, 5.74) is 1.02. The number of nitrogens with zero attached hydrogens (tertiary/aromatic N) is 3. The van der Waals surface area contributed by atoms with Crippen molar-refractivity contribution in [2.45, 2.75) is 44.7 Å². The maximum absolute atomic E-state index is 13.4. The molecule has 0 radical (unpaired) electrons. The topological polar surface area (TPSA) is 88.9 Å². The molecule has 0 saturated carbocycles. The van der Waals surface area contributed by atoms with E-state index in [0.29, 0.717) is 17.8 Å². The summed E-state index contributed by atoms with van der Waals surface area (Å²) in [6.45, 7) is 2.51. The Morgan fingerprint density at radius 3 is 3.08 bits per heavy atom. The third-order valence-corrected chi connectivity index (χ3v) is 4.85. The van der Waals surface area contributed by atoms with Crippen molar-refractivity contribution >= 4 is 17.5 Å². The van der Waals surface area contributed by atoms with Gasteiger partial charge in [-0.1, -0.05) is 6.07 Å². The van der Waals surface area contributed by atoms with Crippen LogP contribution in [0.2, 0.25) is 0 Å². The highest BCUT2D eigenvalue weighted by atomic mass is 19.1. The lowest BCUT2D eigenvalue weighted by atomic mass is 9.89. The predicted octanol–water partition coefficient (Wildman–Crippen LogP) is 1.28. The Balaban J connectivity index is 1.52. The van der Waals surface area contributed by atoms with E-state index in [1.165, 1.54) is 12.1 Å². The van der Waals surface area contributed by atoms with Crippen molar-refractivity contribution in [1.82, 2.24) is 20.1 Å². The number of benzene rings is 1. The fourth-order valence-corrected chi connectivity index (χ4v) is 3.55. The first-order valence-corrected chi connectivity index (χ1v) is 8.29. The van der Waals surface area contributed by atoms with Crippen LogP contribution in [0.15, 0.2) is 18.2 Å². The van der Waals surface area contributed by atoms with Crippen molar-refractivity contribution < 1.29 is 14.0 Å². The van der Waals surface area contributed by atoms with Gasteiger partial charge in [0, 0.05) is 31.1 Å². The van der Waals surface area contributed by atoms with Gasteiger partial charge >= 0.3 is 0 Å². The summed E-state index contributed by atoms with van der Waals surface area (Å²) in [5.74, 6) is 0.226.